The third-order valence-corrected chi connectivity index (χ3v) is 3.79. The molecule has 0 aromatic heterocycles. The monoisotopic (exact) mass is 210 g/mol. The smallest absolute Gasteiger partial charge is 0.115 e. The molecule has 1 heterocycles. The van der Waals surface area contributed by atoms with Crippen LogP contribution in [0.2, 0.25) is 0 Å². The molecule has 2 nitrogen and oxygen atoms in total. The summed E-state index contributed by atoms with van der Waals surface area (Å²) in [5.41, 5.74) is 0.564. The van der Waals surface area contributed by atoms with E-state index < -0.39 is 5.60 Å². The molecule has 3 heteroatoms. The lowest BCUT2D eigenvalue weighted by Gasteiger charge is -2.21. The van der Waals surface area contributed by atoms with E-state index in [0.717, 1.165) is 23.5 Å². The van der Waals surface area contributed by atoms with Crippen LogP contribution in [-0.2, 0) is 6.42 Å². The summed E-state index contributed by atoms with van der Waals surface area (Å²) in [7, 11) is 0. The standard InChI is InChI=1S/C11H14O2S/c12-10-3-1-9(2-4-10)7-11(13)5-6-14-8-11/h1-4,12-13H,5-8H2. The van der Waals surface area contributed by atoms with Crippen molar-refractivity contribution in [2.24, 2.45) is 0 Å². The van der Waals surface area contributed by atoms with E-state index in [4.69, 9.17) is 5.11 Å². The molecule has 1 aliphatic rings. The number of hydrogen-bond donors (Lipinski definition) is 2. The number of hydrogen-bond acceptors (Lipinski definition) is 3. The van der Waals surface area contributed by atoms with Gasteiger partial charge in [0.25, 0.3) is 0 Å². The van der Waals surface area contributed by atoms with Crippen LogP contribution in [0, 0.1) is 0 Å². The number of rotatable bonds is 2. The number of phenols is 1. The molecule has 0 saturated carbocycles. The molecule has 0 spiro atoms. The van der Waals surface area contributed by atoms with E-state index in [0.29, 0.717) is 6.42 Å². The van der Waals surface area contributed by atoms with Crippen LogP contribution in [0.5, 0.6) is 5.75 Å². The topological polar surface area (TPSA) is 40.5 Å². The number of benzene rings is 1. The summed E-state index contributed by atoms with van der Waals surface area (Å²) in [5, 5.41) is 19.2. The van der Waals surface area contributed by atoms with Crippen molar-refractivity contribution >= 4 is 11.8 Å². The van der Waals surface area contributed by atoms with Gasteiger partial charge < -0.3 is 10.2 Å². The van der Waals surface area contributed by atoms with Gasteiger partial charge in [0.2, 0.25) is 0 Å². The number of aromatic hydroxyl groups is 1. The van der Waals surface area contributed by atoms with Gasteiger partial charge in [0.15, 0.2) is 0 Å². The van der Waals surface area contributed by atoms with Gasteiger partial charge in [-0.2, -0.15) is 11.8 Å². The average molecular weight is 210 g/mol. The zero-order chi connectivity index (χ0) is 10.0. The van der Waals surface area contributed by atoms with E-state index in [9.17, 15) is 5.11 Å². The molecule has 76 valence electrons. The van der Waals surface area contributed by atoms with Gasteiger partial charge in [-0.25, -0.2) is 0 Å². The first-order valence-corrected chi connectivity index (χ1v) is 5.91. The van der Waals surface area contributed by atoms with E-state index in [1.165, 1.54) is 0 Å². The van der Waals surface area contributed by atoms with Gasteiger partial charge in [-0.15, -0.1) is 0 Å². The molecule has 1 aliphatic heterocycles. The van der Waals surface area contributed by atoms with Crippen molar-refractivity contribution in [3.05, 3.63) is 29.8 Å². The van der Waals surface area contributed by atoms with E-state index in [1.54, 1.807) is 23.9 Å². The summed E-state index contributed by atoms with van der Waals surface area (Å²) in [6.07, 6.45) is 1.57. The van der Waals surface area contributed by atoms with Gasteiger partial charge in [0.1, 0.15) is 5.75 Å². The summed E-state index contributed by atoms with van der Waals surface area (Å²) in [4.78, 5) is 0. The predicted molar refractivity (Wildman–Crippen MR) is 58.7 cm³/mol. The van der Waals surface area contributed by atoms with Crippen molar-refractivity contribution in [1.29, 1.82) is 0 Å². The fourth-order valence-electron chi connectivity index (χ4n) is 1.73. The lowest BCUT2D eigenvalue weighted by atomic mass is 9.94. The molecule has 14 heavy (non-hydrogen) atoms. The molecule has 1 aromatic carbocycles. The second-order valence-electron chi connectivity index (χ2n) is 3.87. The molecule has 0 aliphatic carbocycles. The molecule has 1 saturated heterocycles. The van der Waals surface area contributed by atoms with Crippen molar-refractivity contribution < 1.29 is 10.2 Å². The Balaban J connectivity index is 2.06. The molecule has 2 rings (SSSR count). The Hall–Kier alpha value is -0.670. The third-order valence-electron chi connectivity index (χ3n) is 2.55. The van der Waals surface area contributed by atoms with E-state index in [2.05, 4.69) is 0 Å². The minimum absolute atomic E-state index is 0.279. The van der Waals surface area contributed by atoms with Crippen molar-refractivity contribution in [3.8, 4) is 5.75 Å². The molecule has 2 N–H and O–H groups in total. The molecule has 0 amide bonds. The molecule has 1 atom stereocenters. The highest BCUT2D eigenvalue weighted by molar-refractivity contribution is 7.99. The van der Waals surface area contributed by atoms with Crippen LogP contribution in [0.3, 0.4) is 0 Å². The first kappa shape index (κ1) is 9.87. The normalized spacial score (nSPS) is 26.6. The van der Waals surface area contributed by atoms with Gasteiger partial charge in [0.05, 0.1) is 5.60 Å². The maximum Gasteiger partial charge on any atom is 0.115 e. The van der Waals surface area contributed by atoms with Crippen LogP contribution in [0.4, 0.5) is 0 Å². The summed E-state index contributed by atoms with van der Waals surface area (Å²) >= 11 is 1.80. The Bertz CT molecular complexity index is 302. The van der Waals surface area contributed by atoms with Crippen LogP contribution >= 0.6 is 11.8 Å². The van der Waals surface area contributed by atoms with Crippen LogP contribution < -0.4 is 0 Å². The number of aliphatic hydroxyl groups is 1. The SMILES string of the molecule is Oc1ccc(CC2(O)CCSC2)cc1. The Labute approximate surface area is 88.0 Å². The van der Waals surface area contributed by atoms with Crippen LogP contribution in [-0.4, -0.2) is 27.3 Å². The zero-order valence-electron chi connectivity index (χ0n) is 7.94. The highest BCUT2D eigenvalue weighted by Gasteiger charge is 2.31. The minimum Gasteiger partial charge on any atom is -0.508 e. The van der Waals surface area contributed by atoms with Gasteiger partial charge in [0, 0.05) is 12.2 Å². The molecular formula is C11H14O2S. The largest absolute Gasteiger partial charge is 0.508 e. The average Bonchev–Trinajstić information content (AvgIpc) is 2.57. The fourth-order valence-corrected chi connectivity index (χ4v) is 3.02. The van der Waals surface area contributed by atoms with Crippen molar-refractivity contribution in [3.63, 3.8) is 0 Å². The number of thioether (sulfide) groups is 1. The fraction of sp³-hybridized carbons (Fsp3) is 0.455. The second-order valence-corrected chi connectivity index (χ2v) is 4.98. The molecular weight excluding hydrogens is 196 g/mol. The Morgan fingerprint density at radius 3 is 2.57 bits per heavy atom. The van der Waals surface area contributed by atoms with Gasteiger partial charge >= 0.3 is 0 Å². The summed E-state index contributed by atoms with van der Waals surface area (Å²) in [6.45, 7) is 0. The first-order chi connectivity index (χ1) is 6.68. The van der Waals surface area contributed by atoms with Crippen LogP contribution in [0.25, 0.3) is 0 Å². The number of phenolic OH excluding ortho intramolecular Hbond substituents is 1. The maximum absolute atomic E-state index is 10.1. The third kappa shape index (κ3) is 2.22. The van der Waals surface area contributed by atoms with Crippen LogP contribution in [0.15, 0.2) is 24.3 Å². The van der Waals surface area contributed by atoms with Gasteiger partial charge in [-0.05, 0) is 29.9 Å². The first-order valence-electron chi connectivity index (χ1n) is 4.76. The molecule has 1 unspecified atom stereocenters. The van der Waals surface area contributed by atoms with E-state index >= 15 is 0 Å². The maximum atomic E-state index is 10.1. The molecule has 1 fully saturated rings. The molecule has 1 aromatic rings. The Morgan fingerprint density at radius 1 is 1.29 bits per heavy atom. The van der Waals surface area contributed by atoms with Gasteiger partial charge in [-0.3, -0.25) is 0 Å². The molecule has 0 radical (unpaired) electrons. The lowest BCUT2D eigenvalue weighted by Crippen LogP contribution is -2.30. The highest BCUT2D eigenvalue weighted by Crippen LogP contribution is 2.31. The van der Waals surface area contributed by atoms with Crippen molar-refractivity contribution in [2.75, 3.05) is 11.5 Å². The molecule has 0 bridgehead atoms. The summed E-state index contributed by atoms with van der Waals surface area (Å²) in [5.74, 6) is 2.16. The second kappa shape index (κ2) is 3.83. The Morgan fingerprint density at radius 2 is 2.00 bits per heavy atom. The van der Waals surface area contributed by atoms with E-state index in [1.807, 2.05) is 12.1 Å². The van der Waals surface area contributed by atoms with Crippen molar-refractivity contribution in [1.82, 2.24) is 0 Å². The Kier molecular flexibility index (Phi) is 2.70. The minimum atomic E-state index is -0.526. The highest BCUT2D eigenvalue weighted by atomic mass is 32.2. The summed E-state index contributed by atoms with van der Waals surface area (Å²) in [6, 6.07) is 7.08. The quantitative estimate of drug-likeness (QED) is 0.782. The van der Waals surface area contributed by atoms with Crippen molar-refractivity contribution in [2.45, 2.75) is 18.4 Å². The zero-order valence-corrected chi connectivity index (χ0v) is 8.76. The summed E-state index contributed by atoms with van der Waals surface area (Å²) < 4.78 is 0. The van der Waals surface area contributed by atoms with Gasteiger partial charge in [-0.1, -0.05) is 12.1 Å². The van der Waals surface area contributed by atoms with Crippen LogP contribution in [0.1, 0.15) is 12.0 Å². The lowest BCUT2D eigenvalue weighted by molar-refractivity contribution is 0.0686. The van der Waals surface area contributed by atoms with E-state index in [-0.39, 0.29) is 5.75 Å². The predicted octanol–water partition coefficient (Wildman–Crippen LogP) is 1.80.